The van der Waals surface area contributed by atoms with Crippen LogP contribution in [0.3, 0.4) is 0 Å². The van der Waals surface area contributed by atoms with Crippen molar-refractivity contribution >= 4 is 17.7 Å². The van der Waals surface area contributed by atoms with Crippen LogP contribution in [-0.2, 0) is 4.74 Å². The first kappa shape index (κ1) is 17.9. The van der Waals surface area contributed by atoms with Gasteiger partial charge in [-0.25, -0.2) is 9.18 Å². The molecule has 128 valence electrons. The van der Waals surface area contributed by atoms with Crippen molar-refractivity contribution in [3.63, 3.8) is 0 Å². The van der Waals surface area contributed by atoms with Gasteiger partial charge in [-0.2, -0.15) is 0 Å². The Morgan fingerprint density at radius 1 is 1.30 bits per heavy atom. The Hall–Kier alpha value is -1.49. The van der Waals surface area contributed by atoms with E-state index in [-0.39, 0.29) is 22.9 Å². The first-order valence-corrected chi connectivity index (χ1v) is 8.10. The van der Waals surface area contributed by atoms with Gasteiger partial charge in [0.2, 0.25) is 0 Å². The minimum absolute atomic E-state index is 0.0415. The van der Waals surface area contributed by atoms with Crippen molar-refractivity contribution in [3.8, 4) is 5.75 Å². The first-order valence-electron chi connectivity index (χ1n) is 7.72. The normalized spacial score (nSPS) is 16.3. The van der Waals surface area contributed by atoms with Gasteiger partial charge in [-0.15, -0.1) is 0 Å². The van der Waals surface area contributed by atoms with E-state index < -0.39 is 5.60 Å². The highest BCUT2D eigenvalue weighted by atomic mass is 35.5. The Kier molecular flexibility index (Phi) is 5.40. The fourth-order valence-electron chi connectivity index (χ4n) is 2.71. The summed E-state index contributed by atoms with van der Waals surface area (Å²) in [6.07, 6.45) is 1.05. The molecule has 1 fully saturated rings. The van der Waals surface area contributed by atoms with Gasteiger partial charge in [-0.3, -0.25) is 0 Å². The van der Waals surface area contributed by atoms with Gasteiger partial charge >= 0.3 is 6.09 Å². The summed E-state index contributed by atoms with van der Waals surface area (Å²) in [5.74, 6) is 0.184. The monoisotopic (exact) mass is 343 g/mol. The molecule has 0 atom stereocenters. The van der Waals surface area contributed by atoms with Gasteiger partial charge in [-0.05, 0) is 57.2 Å². The molecule has 0 aromatic heterocycles. The molecule has 23 heavy (non-hydrogen) atoms. The standard InChI is InChI=1S/C17H23ClFNO3/c1-17(2,3)23-16(21)20-7-5-11(6-8-20)12-9-15(22-4)13(18)10-14(12)19/h9-11H,5-8H2,1-4H3. The van der Waals surface area contributed by atoms with Gasteiger partial charge in [0, 0.05) is 13.1 Å². The molecule has 6 heteroatoms. The first-order chi connectivity index (χ1) is 10.7. The number of methoxy groups -OCH3 is 1. The van der Waals surface area contributed by atoms with E-state index in [2.05, 4.69) is 0 Å². The topological polar surface area (TPSA) is 38.8 Å². The molecule has 0 N–H and O–H groups in total. The minimum Gasteiger partial charge on any atom is -0.495 e. The number of ether oxygens (including phenoxy) is 2. The molecule has 1 heterocycles. The predicted octanol–water partition coefficient (Wildman–Crippen LogP) is 4.60. The third kappa shape index (κ3) is 4.50. The Morgan fingerprint density at radius 3 is 2.43 bits per heavy atom. The maximum Gasteiger partial charge on any atom is 0.410 e. The second-order valence-electron chi connectivity index (χ2n) is 6.75. The lowest BCUT2D eigenvalue weighted by Gasteiger charge is -2.33. The molecular weight excluding hydrogens is 321 g/mol. The van der Waals surface area contributed by atoms with Crippen LogP contribution in [0.4, 0.5) is 9.18 Å². The van der Waals surface area contributed by atoms with Crippen molar-refractivity contribution in [3.05, 3.63) is 28.5 Å². The van der Waals surface area contributed by atoms with Gasteiger partial charge in [0.15, 0.2) is 0 Å². The number of carbonyl (C=O) groups is 1. The van der Waals surface area contributed by atoms with E-state index in [1.807, 2.05) is 20.8 Å². The van der Waals surface area contributed by atoms with Crippen LogP contribution in [-0.4, -0.2) is 36.8 Å². The molecule has 1 amide bonds. The summed E-state index contributed by atoms with van der Waals surface area (Å²) < 4.78 is 24.7. The molecule has 1 aliphatic rings. The fraction of sp³-hybridized carbons (Fsp3) is 0.588. The lowest BCUT2D eigenvalue weighted by atomic mass is 9.89. The number of hydrogen-bond donors (Lipinski definition) is 0. The number of halogens is 2. The molecule has 0 saturated carbocycles. The van der Waals surface area contributed by atoms with E-state index >= 15 is 0 Å². The molecule has 1 aliphatic heterocycles. The molecule has 0 bridgehead atoms. The molecule has 1 aromatic rings. The van der Waals surface area contributed by atoms with Crippen molar-refractivity contribution in [2.45, 2.75) is 45.1 Å². The summed E-state index contributed by atoms with van der Waals surface area (Å²) >= 11 is 5.93. The number of nitrogens with zero attached hydrogens (tertiary/aromatic N) is 1. The number of benzene rings is 1. The Morgan fingerprint density at radius 2 is 1.91 bits per heavy atom. The van der Waals surface area contributed by atoms with Crippen molar-refractivity contribution < 1.29 is 18.7 Å². The average molecular weight is 344 g/mol. The highest BCUT2D eigenvalue weighted by molar-refractivity contribution is 6.32. The number of hydrogen-bond acceptors (Lipinski definition) is 3. The molecular formula is C17H23ClFNO3. The number of carbonyl (C=O) groups excluding carboxylic acids is 1. The average Bonchev–Trinajstić information content (AvgIpc) is 2.46. The molecule has 4 nitrogen and oxygen atoms in total. The fourth-order valence-corrected chi connectivity index (χ4v) is 2.94. The maximum atomic E-state index is 14.2. The van der Waals surface area contributed by atoms with Crippen LogP contribution >= 0.6 is 11.6 Å². The van der Waals surface area contributed by atoms with E-state index in [0.29, 0.717) is 37.2 Å². The number of amides is 1. The largest absolute Gasteiger partial charge is 0.495 e. The summed E-state index contributed by atoms with van der Waals surface area (Å²) in [5.41, 5.74) is 0.0823. The van der Waals surface area contributed by atoms with Crippen LogP contribution in [0.25, 0.3) is 0 Å². The Labute approximate surface area is 141 Å². The zero-order valence-electron chi connectivity index (χ0n) is 14.0. The smallest absolute Gasteiger partial charge is 0.410 e. The van der Waals surface area contributed by atoms with Crippen LogP contribution in [0.15, 0.2) is 12.1 Å². The number of piperidine rings is 1. The van der Waals surface area contributed by atoms with Crippen molar-refractivity contribution in [2.24, 2.45) is 0 Å². The third-order valence-electron chi connectivity index (χ3n) is 3.86. The lowest BCUT2D eigenvalue weighted by Crippen LogP contribution is -2.41. The van der Waals surface area contributed by atoms with Crippen LogP contribution in [0.1, 0.15) is 45.1 Å². The Bertz CT molecular complexity index is 578. The van der Waals surface area contributed by atoms with E-state index in [9.17, 15) is 9.18 Å². The molecule has 0 unspecified atom stereocenters. The van der Waals surface area contributed by atoms with Crippen molar-refractivity contribution in [2.75, 3.05) is 20.2 Å². The highest BCUT2D eigenvalue weighted by Crippen LogP contribution is 2.35. The minimum atomic E-state index is -0.510. The number of rotatable bonds is 2. The molecule has 1 saturated heterocycles. The van der Waals surface area contributed by atoms with E-state index in [0.717, 1.165) is 0 Å². The van der Waals surface area contributed by atoms with Gasteiger partial charge in [-0.1, -0.05) is 11.6 Å². The third-order valence-corrected chi connectivity index (χ3v) is 4.15. The lowest BCUT2D eigenvalue weighted by molar-refractivity contribution is 0.0204. The van der Waals surface area contributed by atoms with Gasteiger partial charge < -0.3 is 14.4 Å². The summed E-state index contributed by atoms with van der Waals surface area (Å²) in [5, 5.41) is 0.264. The van der Waals surface area contributed by atoms with Crippen molar-refractivity contribution in [1.82, 2.24) is 4.90 Å². The maximum absolute atomic E-state index is 14.2. The summed E-state index contributed by atoms with van der Waals surface area (Å²) in [4.78, 5) is 13.7. The second kappa shape index (κ2) is 6.95. The molecule has 0 spiro atoms. The predicted molar refractivity (Wildman–Crippen MR) is 87.7 cm³/mol. The second-order valence-corrected chi connectivity index (χ2v) is 7.16. The summed E-state index contributed by atoms with van der Waals surface area (Å²) in [7, 11) is 1.51. The molecule has 0 radical (unpaired) electrons. The zero-order chi connectivity index (χ0) is 17.2. The van der Waals surface area contributed by atoms with Gasteiger partial charge in [0.25, 0.3) is 0 Å². The van der Waals surface area contributed by atoms with Crippen molar-refractivity contribution in [1.29, 1.82) is 0 Å². The van der Waals surface area contributed by atoms with E-state index in [1.54, 1.807) is 11.0 Å². The zero-order valence-corrected chi connectivity index (χ0v) is 14.7. The molecule has 1 aromatic carbocycles. The SMILES string of the molecule is COc1cc(C2CCN(C(=O)OC(C)(C)C)CC2)c(F)cc1Cl. The van der Waals surface area contributed by atoms with Gasteiger partial charge in [0.1, 0.15) is 17.2 Å². The molecule has 0 aliphatic carbocycles. The molecule has 2 rings (SSSR count). The van der Waals surface area contributed by atoms with E-state index in [1.165, 1.54) is 13.2 Å². The van der Waals surface area contributed by atoms with Crippen LogP contribution in [0.5, 0.6) is 5.75 Å². The van der Waals surface area contributed by atoms with Crippen LogP contribution < -0.4 is 4.74 Å². The van der Waals surface area contributed by atoms with Crippen LogP contribution in [0.2, 0.25) is 5.02 Å². The highest BCUT2D eigenvalue weighted by Gasteiger charge is 2.29. The summed E-state index contributed by atoms with van der Waals surface area (Å²) in [6, 6.07) is 2.95. The quantitative estimate of drug-likeness (QED) is 0.787. The van der Waals surface area contributed by atoms with Crippen LogP contribution in [0, 0.1) is 5.82 Å². The van der Waals surface area contributed by atoms with E-state index in [4.69, 9.17) is 21.1 Å². The Balaban J connectivity index is 2.03. The number of likely N-dealkylation sites (tertiary alicyclic amines) is 1. The van der Waals surface area contributed by atoms with Gasteiger partial charge in [0.05, 0.1) is 12.1 Å². The summed E-state index contributed by atoms with van der Waals surface area (Å²) in [6.45, 7) is 6.61.